The molecule has 0 aromatic heterocycles. The zero-order valence-corrected chi connectivity index (χ0v) is 8.92. The van der Waals surface area contributed by atoms with E-state index < -0.39 is 0 Å². The monoisotopic (exact) mass is 182 g/mol. The van der Waals surface area contributed by atoms with Gasteiger partial charge in [-0.05, 0) is 11.8 Å². The minimum atomic E-state index is 0.127. The molecule has 0 radical (unpaired) electrons. The third kappa shape index (κ3) is 2.83. The van der Waals surface area contributed by atoms with Crippen LogP contribution in [0.1, 0.15) is 40.5 Å². The first-order valence-corrected chi connectivity index (χ1v) is 4.79. The van der Waals surface area contributed by atoms with Crippen molar-refractivity contribution in [3.05, 3.63) is 0 Å². The van der Waals surface area contributed by atoms with Gasteiger partial charge in [0.05, 0.1) is 6.42 Å². The summed E-state index contributed by atoms with van der Waals surface area (Å²) in [6.07, 6.45) is 1.40. The van der Waals surface area contributed by atoms with Crippen molar-refractivity contribution >= 4 is 11.6 Å². The fourth-order valence-electron chi connectivity index (χ4n) is 1.30. The number of carbonyl (C=O) groups is 1. The van der Waals surface area contributed by atoms with E-state index in [1.165, 1.54) is 0 Å². The van der Waals surface area contributed by atoms with E-state index in [-0.39, 0.29) is 11.3 Å². The minimum Gasteiger partial charge on any atom is -0.273 e. The van der Waals surface area contributed by atoms with Gasteiger partial charge in [0, 0.05) is 12.3 Å². The van der Waals surface area contributed by atoms with E-state index >= 15 is 0 Å². The summed E-state index contributed by atoms with van der Waals surface area (Å²) in [4.78, 5) is 11.4. The van der Waals surface area contributed by atoms with Crippen LogP contribution in [0.3, 0.4) is 0 Å². The highest BCUT2D eigenvalue weighted by molar-refractivity contribution is 6.04. The molecule has 0 aromatic carbocycles. The Labute approximate surface area is 79.8 Å². The first-order chi connectivity index (χ1) is 5.92. The van der Waals surface area contributed by atoms with Crippen LogP contribution < -0.4 is 0 Å². The van der Waals surface area contributed by atoms with Crippen LogP contribution in [0.25, 0.3) is 0 Å². The lowest BCUT2D eigenvalue weighted by atomic mass is 9.97. The molecule has 0 unspecified atom stereocenters. The zero-order valence-electron chi connectivity index (χ0n) is 8.92. The van der Waals surface area contributed by atoms with Gasteiger partial charge in [0.1, 0.15) is 0 Å². The Kier molecular flexibility index (Phi) is 2.74. The van der Waals surface area contributed by atoms with Gasteiger partial charge in [-0.25, -0.2) is 5.01 Å². The van der Waals surface area contributed by atoms with Gasteiger partial charge < -0.3 is 0 Å². The molecule has 13 heavy (non-hydrogen) atoms. The van der Waals surface area contributed by atoms with Crippen LogP contribution in [0, 0.1) is 5.41 Å². The summed E-state index contributed by atoms with van der Waals surface area (Å²) < 4.78 is 0. The number of hydrogen-bond acceptors (Lipinski definition) is 2. The van der Waals surface area contributed by atoms with Gasteiger partial charge in [0.2, 0.25) is 5.91 Å². The molecule has 0 N–H and O–H groups in total. The fourth-order valence-corrected chi connectivity index (χ4v) is 1.30. The second kappa shape index (κ2) is 3.48. The van der Waals surface area contributed by atoms with Gasteiger partial charge in [-0.3, -0.25) is 4.79 Å². The highest BCUT2D eigenvalue weighted by Crippen LogP contribution is 2.19. The smallest absolute Gasteiger partial charge is 0.248 e. The largest absolute Gasteiger partial charge is 0.273 e. The molecule has 0 aromatic rings. The maximum absolute atomic E-state index is 11.4. The van der Waals surface area contributed by atoms with E-state index in [9.17, 15) is 4.79 Å². The molecule has 3 nitrogen and oxygen atoms in total. The molecule has 0 atom stereocenters. The van der Waals surface area contributed by atoms with Crippen molar-refractivity contribution in [3.63, 3.8) is 0 Å². The molecule has 1 rings (SSSR count). The van der Waals surface area contributed by atoms with Crippen LogP contribution >= 0.6 is 0 Å². The first-order valence-electron chi connectivity index (χ1n) is 4.79. The molecule has 0 fully saturated rings. The second-order valence-corrected chi connectivity index (χ2v) is 4.71. The predicted octanol–water partition coefficient (Wildman–Crippen LogP) is 2.03. The molecular formula is C10H18N2O. The van der Waals surface area contributed by atoms with Gasteiger partial charge in [0.25, 0.3) is 0 Å². The van der Waals surface area contributed by atoms with Gasteiger partial charge in [-0.2, -0.15) is 5.10 Å². The van der Waals surface area contributed by atoms with Crippen LogP contribution in [0.15, 0.2) is 5.10 Å². The molecule has 1 heterocycles. The molecule has 1 aliphatic heterocycles. The summed E-state index contributed by atoms with van der Waals surface area (Å²) >= 11 is 0. The topological polar surface area (TPSA) is 32.7 Å². The van der Waals surface area contributed by atoms with E-state index in [2.05, 4.69) is 25.9 Å². The number of amides is 1. The Morgan fingerprint density at radius 3 is 2.46 bits per heavy atom. The molecule has 0 saturated carbocycles. The average molecular weight is 182 g/mol. The summed E-state index contributed by atoms with van der Waals surface area (Å²) in [6.45, 7) is 9.08. The number of hydrazone groups is 1. The predicted molar refractivity (Wildman–Crippen MR) is 53.5 cm³/mol. The molecule has 1 amide bonds. The van der Waals surface area contributed by atoms with Crippen LogP contribution in [-0.4, -0.2) is 23.2 Å². The van der Waals surface area contributed by atoms with Crippen molar-refractivity contribution in [2.45, 2.75) is 40.5 Å². The molecule has 3 heteroatoms. The maximum atomic E-state index is 11.4. The van der Waals surface area contributed by atoms with E-state index in [1.807, 2.05) is 6.92 Å². The Morgan fingerprint density at radius 2 is 2.08 bits per heavy atom. The van der Waals surface area contributed by atoms with Crippen molar-refractivity contribution in [1.29, 1.82) is 0 Å². The summed E-state index contributed by atoms with van der Waals surface area (Å²) in [6, 6.07) is 0. The zero-order chi connectivity index (χ0) is 10.1. The summed E-state index contributed by atoms with van der Waals surface area (Å²) in [7, 11) is 0. The van der Waals surface area contributed by atoms with Gasteiger partial charge in [0.15, 0.2) is 0 Å². The SMILES string of the molecule is CCC1=NN(CC(C)(C)C)C(=O)C1. The van der Waals surface area contributed by atoms with Crippen molar-refractivity contribution < 1.29 is 4.79 Å². The van der Waals surface area contributed by atoms with Crippen molar-refractivity contribution in [1.82, 2.24) is 5.01 Å². The molecule has 0 aliphatic carbocycles. The third-order valence-corrected chi connectivity index (χ3v) is 1.94. The number of hydrogen-bond donors (Lipinski definition) is 0. The van der Waals surface area contributed by atoms with Crippen molar-refractivity contribution in [3.8, 4) is 0 Å². The van der Waals surface area contributed by atoms with Crippen LogP contribution in [0.4, 0.5) is 0 Å². The van der Waals surface area contributed by atoms with Crippen molar-refractivity contribution in [2.75, 3.05) is 6.54 Å². The number of nitrogens with zero attached hydrogens (tertiary/aromatic N) is 2. The summed E-state index contributed by atoms with van der Waals surface area (Å²) in [5, 5.41) is 5.88. The van der Waals surface area contributed by atoms with E-state index in [0.717, 1.165) is 18.7 Å². The highest BCUT2D eigenvalue weighted by atomic mass is 16.2. The Morgan fingerprint density at radius 1 is 1.46 bits per heavy atom. The average Bonchev–Trinajstić information content (AvgIpc) is 2.29. The molecule has 0 saturated heterocycles. The van der Waals surface area contributed by atoms with Crippen LogP contribution in [0.2, 0.25) is 0 Å². The van der Waals surface area contributed by atoms with Crippen LogP contribution in [0.5, 0.6) is 0 Å². The molecule has 74 valence electrons. The Bertz CT molecular complexity index is 238. The number of carbonyl (C=O) groups excluding carboxylic acids is 1. The first kappa shape index (κ1) is 10.2. The lowest BCUT2D eigenvalue weighted by Gasteiger charge is -2.23. The van der Waals surface area contributed by atoms with Gasteiger partial charge in [-0.15, -0.1) is 0 Å². The Hall–Kier alpha value is -0.860. The lowest BCUT2D eigenvalue weighted by Crippen LogP contribution is -2.30. The highest BCUT2D eigenvalue weighted by Gasteiger charge is 2.26. The molecular weight excluding hydrogens is 164 g/mol. The van der Waals surface area contributed by atoms with Crippen LogP contribution in [-0.2, 0) is 4.79 Å². The fraction of sp³-hybridized carbons (Fsp3) is 0.800. The summed E-state index contributed by atoms with van der Waals surface area (Å²) in [5.41, 5.74) is 1.14. The third-order valence-electron chi connectivity index (χ3n) is 1.94. The number of rotatable bonds is 2. The van der Waals surface area contributed by atoms with Gasteiger partial charge >= 0.3 is 0 Å². The molecule has 0 spiro atoms. The minimum absolute atomic E-state index is 0.127. The quantitative estimate of drug-likeness (QED) is 0.643. The summed E-state index contributed by atoms with van der Waals surface area (Å²) in [5.74, 6) is 0.145. The maximum Gasteiger partial charge on any atom is 0.248 e. The normalized spacial score (nSPS) is 18.0. The lowest BCUT2D eigenvalue weighted by molar-refractivity contribution is -0.129. The second-order valence-electron chi connectivity index (χ2n) is 4.71. The standard InChI is InChI=1S/C10H18N2O/c1-5-8-6-9(13)12(11-8)7-10(2,3)4/h5-7H2,1-4H3. The van der Waals surface area contributed by atoms with Crippen molar-refractivity contribution in [2.24, 2.45) is 10.5 Å². The van der Waals surface area contributed by atoms with E-state index in [0.29, 0.717) is 6.42 Å². The Balaban J connectivity index is 2.61. The van der Waals surface area contributed by atoms with E-state index in [4.69, 9.17) is 0 Å². The molecule has 0 bridgehead atoms. The van der Waals surface area contributed by atoms with Gasteiger partial charge in [-0.1, -0.05) is 27.7 Å². The van der Waals surface area contributed by atoms with E-state index in [1.54, 1.807) is 5.01 Å². The molecule has 1 aliphatic rings.